The molecule has 2 aliphatic rings. The van der Waals surface area contributed by atoms with Crippen LogP contribution in [0.15, 0.2) is 12.1 Å². The zero-order valence-corrected chi connectivity index (χ0v) is 16.9. The lowest BCUT2D eigenvalue weighted by Crippen LogP contribution is -2.37. The molecule has 2 amide bonds. The Hall–Kier alpha value is -2.11. The maximum Gasteiger partial charge on any atom is 0.255 e. The van der Waals surface area contributed by atoms with Gasteiger partial charge >= 0.3 is 0 Å². The number of hydrogen-bond acceptors (Lipinski definition) is 4. The largest absolute Gasteiger partial charge is 0.357 e. The van der Waals surface area contributed by atoms with E-state index in [0.29, 0.717) is 5.56 Å². The molecule has 0 saturated carbocycles. The van der Waals surface area contributed by atoms with Crippen molar-refractivity contribution in [2.45, 2.75) is 39.0 Å². The van der Waals surface area contributed by atoms with E-state index >= 15 is 0 Å². The Bertz CT molecular complexity index is 660. The first-order valence-corrected chi connectivity index (χ1v) is 10.1. The van der Waals surface area contributed by atoms with Crippen LogP contribution in [0.1, 0.15) is 48.2 Å². The molecule has 0 aromatic carbocycles. The maximum atomic E-state index is 12.2. The highest BCUT2D eigenvalue weighted by molar-refractivity contribution is 5.95. The predicted molar refractivity (Wildman–Crippen MR) is 107 cm³/mol. The molecule has 0 bridgehead atoms. The van der Waals surface area contributed by atoms with Crippen LogP contribution in [0.5, 0.6) is 0 Å². The summed E-state index contributed by atoms with van der Waals surface area (Å²) in [5.41, 5.74) is 1.48. The van der Waals surface area contributed by atoms with Crippen LogP contribution in [0, 0.1) is 18.8 Å². The smallest absolute Gasteiger partial charge is 0.255 e. The van der Waals surface area contributed by atoms with Crippen molar-refractivity contribution in [3.8, 4) is 0 Å². The minimum absolute atomic E-state index is 0.00545. The average molecular weight is 373 g/mol. The molecule has 2 fully saturated rings. The quantitative estimate of drug-likeness (QED) is 0.746. The summed E-state index contributed by atoms with van der Waals surface area (Å²) in [5, 5.41) is 0. The summed E-state index contributed by atoms with van der Waals surface area (Å²) < 4.78 is 0. The molecule has 1 aromatic rings. The van der Waals surface area contributed by atoms with E-state index in [9.17, 15) is 9.59 Å². The van der Waals surface area contributed by atoms with Crippen LogP contribution in [-0.2, 0) is 4.79 Å². The van der Waals surface area contributed by atoms with Gasteiger partial charge in [0.25, 0.3) is 5.91 Å². The van der Waals surface area contributed by atoms with E-state index in [1.807, 2.05) is 24.0 Å². The third-order valence-electron chi connectivity index (χ3n) is 6.11. The molecule has 0 N–H and O–H groups in total. The monoisotopic (exact) mass is 372 g/mol. The van der Waals surface area contributed by atoms with E-state index in [1.165, 1.54) is 19.3 Å². The van der Waals surface area contributed by atoms with Crippen molar-refractivity contribution in [1.29, 1.82) is 0 Å². The summed E-state index contributed by atoms with van der Waals surface area (Å²) in [4.78, 5) is 33.6. The maximum absolute atomic E-state index is 12.2. The van der Waals surface area contributed by atoms with E-state index in [-0.39, 0.29) is 5.91 Å². The van der Waals surface area contributed by atoms with Crippen LogP contribution in [-0.4, -0.2) is 67.4 Å². The summed E-state index contributed by atoms with van der Waals surface area (Å²) in [7, 11) is 3.53. The first kappa shape index (κ1) is 19.6. The number of rotatable bonds is 5. The lowest BCUT2D eigenvalue weighted by molar-refractivity contribution is -0.119. The van der Waals surface area contributed by atoms with Gasteiger partial charge in [-0.15, -0.1) is 0 Å². The van der Waals surface area contributed by atoms with Gasteiger partial charge in [-0.05, 0) is 63.0 Å². The van der Waals surface area contributed by atoms with E-state index in [2.05, 4.69) is 4.90 Å². The van der Waals surface area contributed by atoms with Crippen molar-refractivity contribution >= 4 is 18.1 Å². The van der Waals surface area contributed by atoms with Gasteiger partial charge in [0.1, 0.15) is 5.82 Å². The summed E-state index contributed by atoms with van der Waals surface area (Å²) in [5.74, 6) is 2.55. The molecule has 0 spiro atoms. The first-order chi connectivity index (χ1) is 13.0. The van der Waals surface area contributed by atoms with Crippen LogP contribution in [0.4, 0.5) is 5.82 Å². The molecule has 27 heavy (non-hydrogen) atoms. The van der Waals surface area contributed by atoms with Gasteiger partial charge in [-0.3, -0.25) is 9.59 Å². The zero-order valence-electron chi connectivity index (χ0n) is 16.9. The molecule has 0 radical (unpaired) electrons. The molecule has 6 heteroatoms. The number of anilines is 1. The standard InChI is InChI=1S/C21H32N4O2/c1-16-19(21(27)23(2)3)4-5-20(22-16)25-12-8-18(9-13-25)14-17-6-10-24(15-26)11-7-17/h4-5,15,17-18H,6-14H2,1-3H3. The van der Waals surface area contributed by atoms with Gasteiger partial charge in [0.15, 0.2) is 0 Å². The number of carbonyl (C=O) groups is 2. The molecule has 6 nitrogen and oxygen atoms in total. The highest BCUT2D eigenvalue weighted by atomic mass is 16.2. The number of piperidine rings is 2. The normalized spacial score (nSPS) is 19.2. The summed E-state index contributed by atoms with van der Waals surface area (Å²) in [6.45, 7) is 5.83. The molecule has 2 saturated heterocycles. The molecular formula is C21H32N4O2. The minimum atomic E-state index is 0.00545. The molecular weight excluding hydrogens is 340 g/mol. The minimum Gasteiger partial charge on any atom is -0.357 e. The Morgan fingerprint density at radius 3 is 2.22 bits per heavy atom. The fourth-order valence-electron chi connectivity index (χ4n) is 4.35. The lowest BCUT2D eigenvalue weighted by Gasteiger charge is -2.36. The molecule has 0 unspecified atom stereocenters. The predicted octanol–water partition coefficient (Wildman–Crippen LogP) is 2.57. The van der Waals surface area contributed by atoms with E-state index in [4.69, 9.17) is 4.98 Å². The van der Waals surface area contributed by atoms with Crippen LogP contribution >= 0.6 is 0 Å². The van der Waals surface area contributed by atoms with Gasteiger partial charge in [-0.25, -0.2) is 4.98 Å². The summed E-state index contributed by atoms with van der Waals surface area (Å²) in [6.07, 6.45) is 6.99. The Kier molecular flexibility index (Phi) is 6.34. The number of likely N-dealkylation sites (tertiary alicyclic amines) is 1. The third kappa shape index (κ3) is 4.79. The Balaban J connectivity index is 1.51. The van der Waals surface area contributed by atoms with Crippen molar-refractivity contribution in [2.24, 2.45) is 11.8 Å². The molecule has 1 aromatic heterocycles. The molecule has 3 rings (SSSR count). The van der Waals surface area contributed by atoms with Gasteiger partial charge in [0.2, 0.25) is 6.41 Å². The Morgan fingerprint density at radius 2 is 1.70 bits per heavy atom. The van der Waals surface area contributed by atoms with Crippen LogP contribution in [0.25, 0.3) is 0 Å². The van der Waals surface area contributed by atoms with Crippen LogP contribution in [0.3, 0.4) is 0 Å². The second-order valence-corrected chi connectivity index (χ2v) is 8.25. The highest BCUT2D eigenvalue weighted by Gasteiger charge is 2.26. The number of carbonyl (C=O) groups excluding carboxylic acids is 2. The number of aryl methyl sites for hydroxylation is 1. The van der Waals surface area contributed by atoms with E-state index in [0.717, 1.165) is 68.8 Å². The SMILES string of the molecule is Cc1nc(N2CCC(CC3CCN(C=O)CC3)CC2)ccc1C(=O)N(C)C. The second-order valence-electron chi connectivity index (χ2n) is 8.25. The third-order valence-corrected chi connectivity index (χ3v) is 6.11. The molecule has 148 valence electrons. The number of nitrogens with zero attached hydrogens (tertiary/aromatic N) is 4. The molecule has 0 aliphatic carbocycles. The van der Waals surface area contributed by atoms with Gasteiger partial charge in [-0.2, -0.15) is 0 Å². The summed E-state index contributed by atoms with van der Waals surface area (Å²) in [6, 6.07) is 3.89. The van der Waals surface area contributed by atoms with Crippen LogP contribution < -0.4 is 4.90 Å². The molecule has 3 heterocycles. The van der Waals surface area contributed by atoms with E-state index < -0.39 is 0 Å². The molecule has 2 aliphatic heterocycles. The fraction of sp³-hybridized carbons (Fsp3) is 0.667. The Morgan fingerprint density at radius 1 is 1.11 bits per heavy atom. The average Bonchev–Trinajstić information content (AvgIpc) is 2.68. The van der Waals surface area contributed by atoms with Gasteiger partial charge in [-0.1, -0.05) is 0 Å². The van der Waals surface area contributed by atoms with Gasteiger partial charge in [0, 0.05) is 40.3 Å². The van der Waals surface area contributed by atoms with Crippen molar-refractivity contribution in [3.05, 3.63) is 23.4 Å². The summed E-state index contributed by atoms with van der Waals surface area (Å²) >= 11 is 0. The first-order valence-electron chi connectivity index (χ1n) is 10.1. The lowest BCUT2D eigenvalue weighted by atomic mass is 9.83. The zero-order chi connectivity index (χ0) is 19.4. The van der Waals surface area contributed by atoms with Gasteiger partial charge in [0.05, 0.1) is 11.3 Å². The molecule has 0 atom stereocenters. The number of pyridine rings is 1. The second kappa shape index (κ2) is 8.72. The van der Waals surface area contributed by atoms with Gasteiger partial charge < -0.3 is 14.7 Å². The number of amides is 2. The van der Waals surface area contributed by atoms with Crippen molar-refractivity contribution < 1.29 is 9.59 Å². The number of aromatic nitrogens is 1. The van der Waals surface area contributed by atoms with Crippen molar-refractivity contribution in [1.82, 2.24) is 14.8 Å². The van der Waals surface area contributed by atoms with Crippen molar-refractivity contribution in [3.63, 3.8) is 0 Å². The Labute approximate surface area is 162 Å². The van der Waals surface area contributed by atoms with Crippen molar-refractivity contribution in [2.75, 3.05) is 45.2 Å². The van der Waals surface area contributed by atoms with Crippen LogP contribution in [0.2, 0.25) is 0 Å². The van der Waals surface area contributed by atoms with E-state index in [1.54, 1.807) is 19.0 Å². The fourth-order valence-corrected chi connectivity index (χ4v) is 4.35. The topological polar surface area (TPSA) is 56.8 Å². The highest BCUT2D eigenvalue weighted by Crippen LogP contribution is 2.31. The number of hydrogen-bond donors (Lipinski definition) is 0.